The van der Waals surface area contributed by atoms with Gasteiger partial charge in [0.25, 0.3) is 0 Å². The van der Waals surface area contributed by atoms with Crippen LogP contribution in [-0.2, 0) is 14.9 Å². The molecule has 0 saturated heterocycles. The van der Waals surface area contributed by atoms with Crippen molar-refractivity contribution in [1.29, 1.82) is 0 Å². The molecule has 1 aromatic rings. The third-order valence-corrected chi connectivity index (χ3v) is 3.37. The summed E-state index contributed by atoms with van der Waals surface area (Å²) in [6, 6.07) is 4.70. The van der Waals surface area contributed by atoms with E-state index in [2.05, 4.69) is 4.74 Å². The Labute approximate surface area is 117 Å². The molecule has 0 aliphatic rings. The Hall–Kier alpha value is -0.380. The average molecular weight is 390 g/mol. The highest BCUT2D eigenvalue weighted by Crippen LogP contribution is 2.19. The fraction of sp³-hybridized carbons (Fsp3) is 0.222. The minimum absolute atomic E-state index is 0.135. The molecule has 0 amide bonds. The van der Waals surface area contributed by atoms with Crippen LogP contribution in [0.5, 0.6) is 0 Å². The van der Waals surface area contributed by atoms with E-state index in [0.29, 0.717) is 0 Å². The van der Waals surface area contributed by atoms with Gasteiger partial charge in [-0.05, 0) is 40.8 Å². The molecule has 0 N–H and O–H groups in total. The molecule has 0 aliphatic carbocycles. The zero-order valence-corrected chi connectivity index (χ0v) is 12.1. The molecule has 0 atom stereocenters. The summed E-state index contributed by atoms with van der Waals surface area (Å²) in [4.78, 5) is 11.5. The molecule has 0 fully saturated rings. The van der Waals surface area contributed by atoms with Gasteiger partial charge in [-0.1, -0.05) is 11.6 Å². The monoisotopic (exact) mass is 389 g/mol. The zero-order valence-electron chi connectivity index (χ0n) is 8.35. The molecular formula is C9H7ClIO5S-. The van der Waals surface area contributed by atoms with E-state index >= 15 is 0 Å². The summed E-state index contributed by atoms with van der Waals surface area (Å²) in [7, 11) is -4.38. The van der Waals surface area contributed by atoms with E-state index in [1.807, 2.05) is 22.6 Å². The summed E-state index contributed by atoms with van der Waals surface area (Å²) in [6.07, 6.45) is 0. The summed E-state index contributed by atoms with van der Waals surface area (Å²) in [5.74, 6) is -1.50. The molecule has 0 aromatic heterocycles. The Bertz CT molecular complexity index is 528. The van der Waals surface area contributed by atoms with E-state index in [0.717, 1.165) is 3.57 Å². The maximum atomic E-state index is 11.5. The van der Waals surface area contributed by atoms with E-state index in [4.69, 9.17) is 11.6 Å². The van der Waals surface area contributed by atoms with Gasteiger partial charge in [0.05, 0.1) is 26.5 Å². The first-order valence-corrected chi connectivity index (χ1v) is 7.39. The lowest BCUT2D eigenvalue weighted by Crippen LogP contribution is -2.15. The minimum atomic E-state index is -4.38. The van der Waals surface area contributed by atoms with E-state index in [-0.39, 0.29) is 10.6 Å². The van der Waals surface area contributed by atoms with Gasteiger partial charge >= 0.3 is 5.97 Å². The van der Waals surface area contributed by atoms with Gasteiger partial charge in [-0.3, -0.25) is 0 Å². The van der Waals surface area contributed by atoms with E-state index in [1.54, 1.807) is 12.1 Å². The van der Waals surface area contributed by atoms with Crippen molar-refractivity contribution in [2.75, 3.05) is 12.4 Å². The van der Waals surface area contributed by atoms with Gasteiger partial charge in [0.1, 0.15) is 6.61 Å². The Morgan fingerprint density at radius 3 is 2.65 bits per heavy atom. The number of hydrogen-bond donors (Lipinski definition) is 0. The molecule has 0 saturated carbocycles. The molecule has 0 radical (unpaired) electrons. The largest absolute Gasteiger partial charge is 0.748 e. The molecule has 0 aliphatic heterocycles. The fourth-order valence-corrected chi connectivity index (χ4v) is 2.19. The molecule has 17 heavy (non-hydrogen) atoms. The number of benzene rings is 1. The van der Waals surface area contributed by atoms with Crippen LogP contribution in [0.4, 0.5) is 0 Å². The number of rotatable bonds is 4. The number of carbonyl (C=O) groups excluding carboxylic acids is 1. The van der Waals surface area contributed by atoms with Crippen LogP contribution in [0.25, 0.3) is 0 Å². The lowest BCUT2D eigenvalue weighted by molar-refractivity contribution is 0.0528. The predicted octanol–water partition coefficient (Wildman–Crippen LogP) is 1.65. The van der Waals surface area contributed by atoms with Gasteiger partial charge in [0, 0.05) is 3.57 Å². The van der Waals surface area contributed by atoms with Crippen molar-refractivity contribution in [1.82, 2.24) is 0 Å². The summed E-state index contributed by atoms with van der Waals surface area (Å²) in [6.45, 7) is -0.479. The first kappa shape index (κ1) is 14.7. The number of carbonyl (C=O) groups is 1. The number of halogens is 2. The second-order valence-corrected chi connectivity index (χ2v) is 6.20. The molecule has 0 spiro atoms. The highest BCUT2D eigenvalue weighted by atomic mass is 127. The van der Waals surface area contributed by atoms with Gasteiger partial charge in [-0.2, -0.15) is 0 Å². The standard InChI is InChI=1S/C9H8ClIO5S/c10-8-5-6(11)1-2-7(8)9(12)16-3-4-17(13,14)15/h1-2,5H,3-4H2,(H,13,14,15)/p-1. The Balaban J connectivity index is 2.65. The third kappa shape index (κ3) is 5.19. The topological polar surface area (TPSA) is 83.5 Å². The van der Waals surface area contributed by atoms with Crippen molar-refractivity contribution in [2.45, 2.75) is 0 Å². The van der Waals surface area contributed by atoms with Crippen LogP contribution in [0.2, 0.25) is 5.02 Å². The van der Waals surface area contributed by atoms with Gasteiger partial charge in [0.2, 0.25) is 0 Å². The van der Waals surface area contributed by atoms with Crippen LogP contribution in [0.15, 0.2) is 18.2 Å². The van der Waals surface area contributed by atoms with Crippen LogP contribution in [0, 0.1) is 3.57 Å². The van der Waals surface area contributed by atoms with Gasteiger partial charge in [0.15, 0.2) is 0 Å². The average Bonchev–Trinajstić information content (AvgIpc) is 2.15. The summed E-state index contributed by atoms with van der Waals surface area (Å²) in [5, 5.41) is 0.215. The molecule has 0 bridgehead atoms. The van der Waals surface area contributed by atoms with Crippen molar-refractivity contribution in [3.8, 4) is 0 Å². The Morgan fingerprint density at radius 2 is 2.12 bits per heavy atom. The van der Waals surface area contributed by atoms with Crippen molar-refractivity contribution in [2.24, 2.45) is 0 Å². The summed E-state index contributed by atoms with van der Waals surface area (Å²) >= 11 is 7.84. The smallest absolute Gasteiger partial charge is 0.339 e. The van der Waals surface area contributed by atoms with E-state index < -0.39 is 28.4 Å². The third-order valence-electron chi connectivity index (χ3n) is 1.72. The van der Waals surface area contributed by atoms with Gasteiger partial charge < -0.3 is 9.29 Å². The van der Waals surface area contributed by atoms with Crippen LogP contribution >= 0.6 is 34.2 Å². The molecule has 0 unspecified atom stereocenters. The molecular weight excluding hydrogens is 383 g/mol. The van der Waals surface area contributed by atoms with Crippen LogP contribution in [0.3, 0.4) is 0 Å². The first-order valence-electron chi connectivity index (χ1n) is 4.35. The highest BCUT2D eigenvalue weighted by Gasteiger charge is 2.12. The highest BCUT2D eigenvalue weighted by molar-refractivity contribution is 14.1. The zero-order chi connectivity index (χ0) is 13.1. The second kappa shape index (κ2) is 5.98. The Morgan fingerprint density at radius 1 is 1.47 bits per heavy atom. The Kier molecular flexibility index (Phi) is 5.17. The predicted molar refractivity (Wildman–Crippen MR) is 69.0 cm³/mol. The molecule has 0 heterocycles. The molecule has 1 rings (SSSR count). The summed E-state index contributed by atoms with van der Waals surface area (Å²) in [5.41, 5.74) is 0.135. The molecule has 94 valence electrons. The van der Waals surface area contributed by atoms with E-state index in [1.165, 1.54) is 6.07 Å². The van der Waals surface area contributed by atoms with Gasteiger partial charge in [-0.15, -0.1) is 0 Å². The van der Waals surface area contributed by atoms with Crippen molar-refractivity contribution >= 4 is 50.3 Å². The summed E-state index contributed by atoms with van der Waals surface area (Å²) < 4.78 is 36.3. The fourth-order valence-electron chi connectivity index (χ4n) is 0.969. The normalized spacial score (nSPS) is 11.2. The number of hydrogen-bond acceptors (Lipinski definition) is 5. The van der Waals surface area contributed by atoms with Crippen LogP contribution in [-0.4, -0.2) is 31.3 Å². The van der Waals surface area contributed by atoms with Crippen molar-refractivity contribution in [3.05, 3.63) is 32.4 Å². The number of ether oxygens (including phenoxy) is 1. The maximum Gasteiger partial charge on any atom is 0.339 e. The SMILES string of the molecule is O=C(OCCS(=O)(=O)[O-])c1ccc(I)cc1Cl. The van der Waals surface area contributed by atoms with Crippen molar-refractivity contribution in [3.63, 3.8) is 0 Å². The molecule has 5 nitrogen and oxygen atoms in total. The molecule has 1 aromatic carbocycles. The maximum absolute atomic E-state index is 11.5. The van der Waals surface area contributed by atoms with Crippen LogP contribution in [0.1, 0.15) is 10.4 Å². The molecule has 8 heteroatoms. The quantitative estimate of drug-likeness (QED) is 0.444. The lowest BCUT2D eigenvalue weighted by atomic mass is 10.2. The second-order valence-electron chi connectivity index (χ2n) is 3.02. The van der Waals surface area contributed by atoms with E-state index in [9.17, 15) is 17.8 Å². The minimum Gasteiger partial charge on any atom is -0.748 e. The first-order chi connectivity index (χ1) is 7.79. The van der Waals surface area contributed by atoms with Crippen molar-refractivity contribution < 1.29 is 22.5 Å². The lowest BCUT2D eigenvalue weighted by Gasteiger charge is -2.08. The van der Waals surface area contributed by atoms with Crippen LogP contribution < -0.4 is 0 Å². The van der Waals surface area contributed by atoms with Gasteiger partial charge in [-0.25, -0.2) is 13.2 Å². The number of esters is 1.